The van der Waals surface area contributed by atoms with Crippen LogP contribution < -0.4 is 0 Å². The first-order valence-electron chi connectivity index (χ1n) is 14.6. The van der Waals surface area contributed by atoms with Gasteiger partial charge in [0.2, 0.25) is 0 Å². The average molecular weight is 696 g/mol. The van der Waals surface area contributed by atoms with Crippen LogP contribution in [0.4, 0.5) is 26.3 Å². The highest BCUT2D eigenvalue weighted by atomic mass is 35.5. The number of hydrogen-bond acceptors (Lipinski definition) is 4. The summed E-state index contributed by atoms with van der Waals surface area (Å²) >= 11 is 0. The van der Waals surface area contributed by atoms with E-state index in [1.165, 1.54) is 4.90 Å². The first-order chi connectivity index (χ1) is 20.7. The summed E-state index contributed by atoms with van der Waals surface area (Å²) in [4.78, 5) is 22.8. The van der Waals surface area contributed by atoms with E-state index in [-0.39, 0.29) is 43.0 Å². The molecule has 3 aromatic rings. The van der Waals surface area contributed by atoms with Crippen molar-refractivity contribution in [3.8, 4) is 0 Å². The van der Waals surface area contributed by atoms with Crippen LogP contribution in [0.25, 0.3) is 10.9 Å². The number of para-hydroxylation sites is 1. The van der Waals surface area contributed by atoms with Crippen molar-refractivity contribution < 1.29 is 35.9 Å². The molecule has 0 saturated carbocycles. The predicted molar refractivity (Wildman–Crippen MR) is 170 cm³/mol. The summed E-state index contributed by atoms with van der Waals surface area (Å²) in [5.41, 5.74) is -1.90. The Morgan fingerprint density at radius 2 is 1.61 bits per heavy atom. The average Bonchev–Trinajstić information content (AvgIpc) is 3.37. The van der Waals surface area contributed by atoms with Gasteiger partial charge in [0.05, 0.1) is 24.3 Å². The Morgan fingerprint density at radius 3 is 2.26 bits per heavy atom. The molecule has 0 aliphatic carbocycles. The molecule has 2 aliphatic heterocycles. The molecule has 1 N–H and O–H groups in total. The van der Waals surface area contributed by atoms with Gasteiger partial charge >= 0.3 is 12.4 Å². The summed E-state index contributed by atoms with van der Waals surface area (Å²) in [7, 11) is 0. The molecule has 254 valence electrons. The number of piperazine rings is 1. The molecule has 2 aliphatic rings. The zero-order valence-electron chi connectivity index (χ0n) is 25.5. The second kappa shape index (κ2) is 15.0. The number of carbonyl (C=O) groups is 1. The van der Waals surface area contributed by atoms with Crippen molar-refractivity contribution in [2.24, 2.45) is 0 Å². The third kappa shape index (κ3) is 8.77. The smallest absolute Gasteiger partial charge is 0.378 e. The molecule has 0 spiro atoms. The topological polar surface area (TPSA) is 51.8 Å². The Kier molecular flexibility index (Phi) is 12.3. The maximum atomic E-state index is 13.7. The first-order valence-corrected chi connectivity index (χ1v) is 14.6. The number of aromatic amines is 1. The van der Waals surface area contributed by atoms with Crippen molar-refractivity contribution in [1.82, 2.24) is 19.7 Å². The van der Waals surface area contributed by atoms with Crippen LogP contribution >= 0.6 is 24.8 Å². The highest BCUT2D eigenvalue weighted by Crippen LogP contribution is 2.37. The van der Waals surface area contributed by atoms with Gasteiger partial charge < -0.3 is 14.6 Å². The number of carbonyl (C=O) groups excluding carboxylic acids is 1. The molecular formula is C32H38Cl2F6N4O2. The second-order valence-corrected chi connectivity index (χ2v) is 12.1. The third-order valence-electron chi connectivity index (χ3n) is 8.47. The molecule has 1 atom stereocenters. The number of aromatic nitrogens is 1. The molecule has 1 amide bonds. The Morgan fingerprint density at radius 1 is 0.957 bits per heavy atom. The van der Waals surface area contributed by atoms with Gasteiger partial charge in [0.25, 0.3) is 5.91 Å². The summed E-state index contributed by atoms with van der Waals surface area (Å²) in [5.74, 6) is -0.851. The van der Waals surface area contributed by atoms with Crippen LogP contribution in [0.15, 0.2) is 60.8 Å². The SMILES string of the molecule is CC1(C)COCCN1C/C=C/CN1CCN(C(=O)c2cc(C(F)(F)F)cc(C(F)(F)F)c2)[C@H](Cc2c[nH]c3ccccc23)C1.Cl.Cl. The van der Waals surface area contributed by atoms with Gasteiger partial charge in [-0.3, -0.25) is 14.6 Å². The van der Waals surface area contributed by atoms with E-state index in [1.807, 2.05) is 30.5 Å². The molecule has 5 rings (SSSR count). The summed E-state index contributed by atoms with van der Waals surface area (Å²) in [6, 6.07) is 8.22. The molecule has 2 aromatic carbocycles. The molecule has 46 heavy (non-hydrogen) atoms. The normalized spacial score (nSPS) is 19.7. The van der Waals surface area contributed by atoms with E-state index >= 15 is 0 Å². The molecule has 0 bridgehead atoms. The van der Waals surface area contributed by atoms with Crippen LogP contribution in [0.2, 0.25) is 0 Å². The zero-order chi connectivity index (χ0) is 31.7. The van der Waals surface area contributed by atoms with E-state index < -0.39 is 41.0 Å². The van der Waals surface area contributed by atoms with Gasteiger partial charge in [-0.05, 0) is 50.1 Å². The van der Waals surface area contributed by atoms with E-state index in [4.69, 9.17) is 4.74 Å². The highest BCUT2D eigenvalue weighted by molar-refractivity contribution is 5.95. The van der Waals surface area contributed by atoms with Crippen LogP contribution in [-0.2, 0) is 23.5 Å². The number of morpholine rings is 1. The molecule has 1 aromatic heterocycles. The fraction of sp³-hybridized carbons (Fsp3) is 0.469. The minimum atomic E-state index is -5.04. The Bertz CT molecular complexity index is 1480. The Hall–Kier alpha value is -2.77. The van der Waals surface area contributed by atoms with Crippen molar-refractivity contribution in [3.63, 3.8) is 0 Å². The molecule has 14 heteroatoms. The van der Waals surface area contributed by atoms with Crippen molar-refractivity contribution in [1.29, 1.82) is 0 Å². The third-order valence-corrected chi connectivity index (χ3v) is 8.47. The van der Waals surface area contributed by atoms with E-state index in [2.05, 4.69) is 40.8 Å². The van der Waals surface area contributed by atoms with Crippen LogP contribution in [0.3, 0.4) is 0 Å². The largest absolute Gasteiger partial charge is 0.416 e. The lowest BCUT2D eigenvalue weighted by atomic mass is 9.98. The fourth-order valence-electron chi connectivity index (χ4n) is 5.98. The molecule has 0 unspecified atom stereocenters. The number of benzene rings is 2. The maximum absolute atomic E-state index is 13.7. The Labute approximate surface area is 276 Å². The fourth-order valence-corrected chi connectivity index (χ4v) is 5.98. The van der Waals surface area contributed by atoms with Crippen molar-refractivity contribution in [2.75, 3.05) is 52.5 Å². The van der Waals surface area contributed by atoms with E-state index in [9.17, 15) is 31.1 Å². The number of hydrogen-bond donors (Lipinski definition) is 1. The van der Waals surface area contributed by atoms with Crippen LogP contribution in [0, 0.1) is 0 Å². The molecule has 0 radical (unpaired) electrons. The van der Waals surface area contributed by atoms with E-state index in [0.717, 1.165) is 29.6 Å². The number of nitrogens with one attached hydrogen (secondary N) is 1. The summed E-state index contributed by atoms with van der Waals surface area (Å²) in [6.45, 7) is 8.77. The number of rotatable bonds is 7. The number of H-pyrrole nitrogens is 1. The number of amides is 1. The lowest BCUT2D eigenvalue weighted by Crippen LogP contribution is -2.56. The summed E-state index contributed by atoms with van der Waals surface area (Å²) < 4.78 is 87.0. The molecular weight excluding hydrogens is 657 g/mol. The van der Waals surface area contributed by atoms with Crippen molar-refractivity contribution >= 4 is 41.6 Å². The number of fused-ring (bicyclic) bond motifs is 1. The van der Waals surface area contributed by atoms with Gasteiger partial charge in [0, 0.05) is 73.5 Å². The minimum absolute atomic E-state index is 0. The Balaban J connectivity index is 0.00000288. The monoisotopic (exact) mass is 694 g/mol. The van der Waals surface area contributed by atoms with Crippen LogP contribution in [-0.4, -0.2) is 89.7 Å². The van der Waals surface area contributed by atoms with Gasteiger partial charge in [-0.1, -0.05) is 30.4 Å². The lowest BCUT2D eigenvalue weighted by Gasteiger charge is -2.42. The van der Waals surface area contributed by atoms with Gasteiger partial charge in [-0.15, -0.1) is 24.8 Å². The van der Waals surface area contributed by atoms with Crippen LogP contribution in [0.5, 0.6) is 0 Å². The minimum Gasteiger partial charge on any atom is -0.378 e. The van der Waals surface area contributed by atoms with Gasteiger partial charge in [0.15, 0.2) is 0 Å². The first kappa shape index (κ1) is 37.7. The summed E-state index contributed by atoms with van der Waals surface area (Å²) in [5, 5.41) is 0.948. The predicted octanol–water partition coefficient (Wildman–Crippen LogP) is 7.09. The van der Waals surface area contributed by atoms with E-state index in [0.29, 0.717) is 51.4 Å². The van der Waals surface area contributed by atoms with Crippen LogP contribution in [0.1, 0.15) is 40.9 Å². The number of ether oxygens (including phenoxy) is 1. The lowest BCUT2D eigenvalue weighted by molar-refractivity contribution is -0.143. The molecule has 2 saturated heterocycles. The van der Waals surface area contributed by atoms with Gasteiger partial charge in [-0.2, -0.15) is 26.3 Å². The highest BCUT2D eigenvalue weighted by Gasteiger charge is 2.39. The van der Waals surface area contributed by atoms with Gasteiger partial charge in [0.1, 0.15) is 0 Å². The second-order valence-electron chi connectivity index (χ2n) is 12.1. The van der Waals surface area contributed by atoms with Crippen molar-refractivity contribution in [3.05, 3.63) is 83.1 Å². The number of halogens is 8. The van der Waals surface area contributed by atoms with Gasteiger partial charge in [-0.25, -0.2) is 0 Å². The number of alkyl halides is 6. The standard InChI is InChI=1S/C32H36F6N4O2.2ClH/c1-30(2)21-44-14-13-41(30)10-6-5-9-40-11-12-42(26(20-40)17-23-19-39-28-8-4-3-7-27(23)28)29(43)22-15-24(31(33,34)35)18-25(16-22)32(36,37)38;;/h3-8,15-16,18-19,26,39H,9-14,17,20-21H2,1-2H3;2*1H/b6-5+;;/t26-;;/m1../s1. The molecule has 2 fully saturated rings. The quantitative estimate of drug-likeness (QED) is 0.212. The van der Waals surface area contributed by atoms with Crippen molar-refractivity contribution in [2.45, 2.75) is 44.2 Å². The molecule has 6 nitrogen and oxygen atoms in total. The molecule has 3 heterocycles. The maximum Gasteiger partial charge on any atom is 0.416 e. The van der Waals surface area contributed by atoms with E-state index in [1.54, 1.807) is 0 Å². The summed E-state index contributed by atoms with van der Waals surface area (Å²) in [6.07, 6.45) is -3.71. The number of nitrogens with zero attached hydrogens (tertiary/aromatic N) is 3. The zero-order valence-corrected chi connectivity index (χ0v) is 27.1.